The van der Waals surface area contributed by atoms with Crippen molar-refractivity contribution in [3.8, 4) is 5.69 Å². The molecule has 0 radical (unpaired) electrons. The van der Waals surface area contributed by atoms with Gasteiger partial charge in [0.05, 0.1) is 17.1 Å². The highest BCUT2D eigenvalue weighted by Crippen LogP contribution is 2.15. The number of aromatic nitrogens is 4. The normalized spacial score (nSPS) is 12.8. The number of benzene rings is 1. The van der Waals surface area contributed by atoms with Gasteiger partial charge in [0.25, 0.3) is 0 Å². The van der Waals surface area contributed by atoms with Crippen LogP contribution >= 0.6 is 0 Å². The van der Waals surface area contributed by atoms with Crippen molar-refractivity contribution in [2.45, 2.75) is 46.7 Å². The topological polar surface area (TPSA) is 72.1 Å². The van der Waals surface area contributed by atoms with Crippen LogP contribution in [0.2, 0.25) is 0 Å². The monoisotopic (exact) mass is 393 g/mol. The van der Waals surface area contributed by atoms with Crippen molar-refractivity contribution in [3.63, 3.8) is 0 Å². The van der Waals surface area contributed by atoms with Gasteiger partial charge in [-0.3, -0.25) is 9.67 Å². The van der Waals surface area contributed by atoms with Gasteiger partial charge in [-0.1, -0.05) is 18.2 Å². The van der Waals surface area contributed by atoms with Gasteiger partial charge < -0.3 is 10.6 Å². The molecule has 2 heterocycles. The van der Waals surface area contributed by atoms with E-state index in [-0.39, 0.29) is 6.04 Å². The average Bonchev–Trinajstić information content (AvgIpc) is 3.23. The highest BCUT2D eigenvalue weighted by molar-refractivity contribution is 5.80. The smallest absolute Gasteiger partial charge is 0.191 e. The third kappa shape index (κ3) is 4.85. The number of guanidine groups is 1. The van der Waals surface area contributed by atoms with Gasteiger partial charge >= 0.3 is 0 Å². The van der Waals surface area contributed by atoms with E-state index < -0.39 is 0 Å². The van der Waals surface area contributed by atoms with E-state index in [1.165, 1.54) is 11.3 Å². The zero-order chi connectivity index (χ0) is 21.0. The number of nitrogens with zero attached hydrogens (tertiary/aromatic N) is 5. The second-order valence-corrected chi connectivity index (χ2v) is 7.48. The molecular formula is C22H31N7. The minimum absolute atomic E-state index is 0.229. The van der Waals surface area contributed by atoms with Crippen LogP contribution < -0.4 is 10.6 Å². The predicted molar refractivity (Wildman–Crippen MR) is 117 cm³/mol. The number of rotatable bonds is 6. The van der Waals surface area contributed by atoms with Crippen molar-refractivity contribution >= 4 is 5.96 Å². The fourth-order valence-corrected chi connectivity index (χ4v) is 3.51. The lowest BCUT2D eigenvalue weighted by molar-refractivity contribution is 0.635. The fraction of sp³-hybridized carbons (Fsp3) is 0.409. The van der Waals surface area contributed by atoms with Crippen LogP contribution in [0.15, 0.2) is 41.5 Å². The Kier molecular flexibility index (Phi) is 6.36. The molecule has 0 saturated carbocycles. The van der Waals surface area contributed by atoms with Gasteiger partial charge in [0.1, 0.15) is 0 Å². The largest absolute Gasteiger partial charge is 0.354 e. The van der Waals surface area contributed by atoms with E-state index in [0.717, 1.165) is 35.0 Å². The number of aliphatic imine (C=N–C) groups is 1. The maximum Gasteiger partial charge on any atom is 0.191 e. The van der Waals surface area contributed by atoms with Gasteiger partial charge in [0.15, 0.2) is 5.96 Å². The summed E-state index contributed by atoms with van der Waals surface area (Å²) in [5, 5.41) is 16.0. The molecular weight excluding hydrogens is 362 g/mol. The Morgan fingerprint density at radius 1 is 1.14 bits per heavy atom. The molecule has 2 aromatic heterocycles. The molecule has 0 aliphatic rings. The maximum absolute atomic E-state index is 4.54. The Morgan fingerprint density at radius 2 is 1.90 bits per heavy atom. The van der Waals surface area contributed by atoms with Gasteiger partial charge in [-0.15, -0.1) is 0 Å². The molecule has 7 nitrogen and oxygen atoms in total. The highest BCUT2D eigenvalue weighted by Gasteiger charge is 2.14. The molecule has 3 aromatic rings. The molecule has 2 N–H and O–H groups in total. The summed E-state index contributed by atoms with van der Waals surface area (Å²) in [6, 6.07) is 10.5. The first kappa shape index (κ1) is 20.6. The van der Waals surface area contributed by atoms with Crippen LogP contribution in [0.5, 0.6) is 0 Å². The van der Waals surface area contributed by atoms with Crippen molar-refractivity contribution < 1.29 is 0 Å². The molecule has 0 fully saturated rings. The van der Waals surface area contributed by atoms with E-state index in [1.807, 2.05) is 47.7 Å². The minimum atomic E-state index is 0.229. The van der Waals surface area contributed by atoms with Crippen LogP contribution in [-0.4, -0.2) is 38.6 Å². The summed E-state index contributed by atoms with van der Waals surface area (Å²) in [6.45, 7) is 9.00. The van der Waals surface area contributed by atoms with Gasteiger partial charge in [-0.05, 0) is 57.4 Å². The summed E-state index contributed by atoms with van der Waals surface area (Å²) in [5.41, 5.74) is 6.82. The summed E-state index contributed by atoms with van der Waals surface area (Å²) in [4.78, 5) is 4.39. The van der Waals surface area contributed by atoms with E-state index in [2.05, 4.69) is 58.7 Å². The van der Waals surface area contributed by atoms with Crippen LogP contribution in [0.1, 0.15) is 35.1 Å². The van der Waals surface area contributed by atoms with Crippen molar-refractivity contribution in [1.82, 2.24) is 30.2 Å². The zero-order valence-electron chi connectivity index (χ0n) is 18.2. The molecule has 0 aliphatic carbocycles. The Morgan fingerprint density at radius 3 is 2.52 bits per heavy atom. The molecule has 0 saturated heterocycles. The van der Waals surface area contributed by atoms with Crippen LogP contribution in [0.25, 0.3) is 5.69 Å². The van der Waals surface area contributed by atoms with Crippen LogP contribution in [0, 0.1) is 20.8 Å². The number of para-hydroxylation sites is 1. The molecule has 154 valence electrons. The van der Waals surface area contributed by atoms with Crippen molar-refractivity contribution in [2.24, 2.45) is 12.0 Å². The minimum Gasteiger partial charge on any atom is -0.354 e. The van der Waals surface area contributed by atoms with E-state index in [1.54, 1.807) is 7.05 Å². The zero-order valence-corrected chi connectivity index (χ0v) is 18.2. The molecule has 0 bridgehead atoms. The molecule has 0 spiro atoms. The van der Waals surface area contributed by atoms with Gasteiger partial charge in [0, 0.05) is 38.6 Å². The molecule has 1 atom stereocenters. The molecule has 3 rings (SSSR count). The first-order valence-electron chi connectivity index (χ1n) is 9.95. The molecule has 1 unspecified atom stereocenters. The molecule has 0 aliphatic heterocycles. The first-order valence-corrected chi connectivity index (χ1v) is 9.95. The van der Waals surface area contributed by atoms with E-state index >= 15 is 0 Å². The standard InChI is InChI=1S/C22H31N7/c1-15-11-12-29(26-15)21-10-8-7-9-19(21)14-24-22(23-5)25-16(2)13-20-17(3)27-28(6)18(20)4/h7-12,16H,13-14H2,1-6H3,(H2,23,24,25). The molecule has 7 heteroatoms. The third-order valence-corrected chi connectivity index (χ3v) is 5.18. The molecule has 0 amide bonds. The Balaban J connectivity index is 1.64. The lowest BCUT2D eigenvalue weighted by Gasteiger charge is -2.19. The highest BCUT2D eigenvalue weighted by atomic mass is 15.3. The van der Waals surface area contributed by atoms with Gasteiger partial charge in [-0.25, -0.2) is 4.68 Å². The fourth-order valence-electron chi connectivity index (χ4n) is 3.51. The predicted octanol–water partition coefficient (Wildman–Crippen LogP) is 2.83. The Hall–Kier alpha value is -3.09. The number of hydrogen-bond acceptors (Lipinski definition) is 3. The van der Waals surface area contributed by atoms with Gasteiger partial charge in [0.2, 0.25) is 0 Å². The quantitative estimate of drug-likeness (QED) is 0.499. The summed E-state index contributed by atoms with van der Waals surface area (Å²) in [7, 11) is 3.79. The number of nitrogens with one attached hydrogen (secondary N) is 2. The van der Waals surface area contributed by atoms with Crippen molar-refractivity contribution in [1.29, 1.82) is 0 Å². The van der Waals surface area contributed by atoms with E-state index in [9.17, 15) is 0 Å². The third-order valence-electron chi connectivity index (χ3n) is 5.18. The van der Waals surface area contributed by atoms with Gasteiger partial charge in [-0.2, -0.15) is 10.2 Å². The van der Waals surface area contributed by atoms with Crippen LogP contribution in [0.4, 0.5) is 0 Å². The molecule has 29 heavy (non-hydrogen) atoms. The summed E-state index contributed by atoms with van der Waals surface area (Å²) in [5.74, 6) is 0.781. The van der Waals surface area contributed by atoms with E-state index in [4.69, 9.17) is 0 Å². The second kappa shape index (κ2) is 8.94. The average molecular weight is 394 g/mol. The number of aryl methyl sites for hydroxylation is 3. The second-order valence-electron chi connectivity index (χ2n) is 7.48. The lowest BCUT2D eigenvalue weighted by Crippen LogP contribution is -2.42. The SMILES string of the molecule is CN=C(NCc1ccccc1-n1ccc(C)n1)NC(C)Cc1c(C)nn(C)c1C. The van der Waals surface area contributed by atoms with Crippen LogP contribution in [0.3, 0.4) is 0 Å². The van der Waals surface area contributed by atoms with Crippen molar-refractivity contribution in [2.75, 3.05) is 7.05 Å². The maximum atomic E-state index is 4.54. The summed E-state index contributed by atoms with van der Waals surface area (Å²) >= 11 is 0. The summed E-state index contributed by atoms with van der Waals surface area (Å²) in [6.07, 6.45) is 2.89. The summed E-state index contributed by atoms with van der Waals surface area (Å²) < 4.78 is 3.86. The first-order chi connectivity index (χ1) is 13.9. The Labute approximate surface area is 172 Å². The number of hydrogen-bond donors (Lipinski definition) is 2. The van der Waals surface area contributed by atoms with Crippen LogP contribution in [-0.2, 0) is 20.0 Å². The van der Waals surface area contributed by atoms with E-state index in [0.29, 0.717) is 6.54 Å². The Bertz CT molecular complexity index is 997. The molecule has 1 aromatic carbocycles. The lowest BCUT2D eigenvalue weighted by atomic mass is 10.1. The van der Waals surface area contributed by atoms with Crippen molar-refractivity contribution in [3.05, 3.63) is 64.7 Å².